The van der Waals surface area contributed by atoms with Gasteiger partial charge in [-0.1, -0.05) is 109 Å². The molecule has 4 nitrogen and oxygen atoms in total. The van der Waals surface area contributed by atoms with Gasteiger partial charge >= 0.3 is 21.1 Å². The van der Waals surface area contributed by atoms with Gasteiger partial charge in [-0.25, -0.2) is 0 Å². The molecule has 0 radical (unpaired) electrons. The maximum absolute atomic E-state index is 5.28. The zero-order valence-electron chi connectivity index (χ0n) is 23.0. The Hall–Kier alpha value is -3.92. The molecule has 0 aliphatic heterocycles. The molecule has 0 spiro atoms. The molecule has 1 aliphatic carbocycles. The fourth-order valence-electron chi connectivity index (χ4n) is 5.68. The van der Waals surface area contributed by atoms with Gasteiger partial charge in [-0.2, -0.15) is 4.90 Å². The van der Waals surface area contributed by atoms with Gasteiger partial charge in [-0.15, -0.1) is 0 Å². The van der Waals surface area contributed by atoms with E-state index in [1.165, 1.54) is 18.4 Å². The summed E-state index contributed by atoms with van der Waals surface area (Å²) in [6.07, 6.45) is 6.25. The molecule has 0 amide bonds. The number of rotatable bonds is 5. The van der Waals surface area contributed by atoms with Crippen LogP contribution in [0.2, 0.25) is 0 Å². The standard InChI is InChI=1S/C30H25N4.C6H6S.Pt/c1-3-12-22(13-4-1)30(23-14-5-2-6-15-23,27-19-9-10-21-31-27)28-20-11-18-26(32-28)29-24-16-7-8-17-25(24)33-34-29;7-6-4-2-1-3-5-6;/h1-6,9-15,18-21H,7-8,16-17H2;1-5,7H;/q-1;;+2/p-1. The Morgan fingerprint density at radius 2 is 1.21 bits per heavy atom. The number of nitrogens with zero attached hydrogens (tertiary/aromatic N) is 4. The summed E-state index contributed by atoms with van der Waals surface area (Å²) in [5.74, 6) is 0. The van der Waals surface area contributed by atoms with Crippen LogP contribution in [0.5, 0.6) is 0 Å². The van der Waals surface area contributed by atoms with Crippen molar-refractivity contribution in [2.24, 2.45) is 0 Å². The van der Waals surface area contributed by atoms with Crippen LogP contribution >= 0.6 is 0 Å². The van der Waals surface area contributed by atoms with Gasteiger partial charge in [0, 0.05) is 11.9 Å². The van der Waals surface area contributed by atoms with E-state index in [4.69, 9.17) is 22.6 Å². The minimum atomic E-state index is -0.667. The van der Waals surface area contributed by atoms with Gasteiger partial charge in [-0.3, -0.25) is 9.97 Å². The van der Waals surface area contributed by atoms with Crippen molar-refractivity contribution in [3.63, 3.8) is 0 Å². The second-order valence-corrected chi connectivity index (χ2v) is 10.6. The summed E-state index contributed by atoms with van der Waals surface area (Å²) < 4.78 is 0. The van der Waals surface area contributed by atoms with Crippen LogP contribution in [0.15, 0.2) is 138 Å². The van der Waals surface area contributed by atoms with Gasteiger partial charge in [0.1, 0.15) is 5.41 Å². The van der Waals surface area contributed by atoms with Crippen molar-refractivity contribution in [2.75, 3.05) is 0 Å². The van der Waals surface area contributed by atoms with Crippen molar-refractivity contribution >= 4 is 12.6 Å². The number of benzene rings is 3. The first kappa shape index (κ1) is 29.6. The molecule has 0 atom stereocenters. The van der Waals surface area contributed by atoms with Crippen LogP contribution in [0.1, 0.15) is 46.6 Å². The van der Waals surface area contributed by atoms with E-state index in [1.807, 2.05) is 60.8 Å². The van der Waals surface area contributed by atoms with Crippen molar-refractivity contribution < 1.29 is 21.1 Å². The Morgan fingerprint density at radius 3 is 1.81 bits per heavy atom. The second kappa shape index (κ2) is 13.8. The number of aryl methyl sites for hydroxylation is 1. The Labute approximate surface area is 267 Å². The predicted octanol–water partition coefficient (Wildman–Crippen LogP) is 7.35. The largest absolute Gasteiger partial charge is 2.00 e. The summed E-state index contributed by atoms with van der Waals surface area (Å²) in [5.41, 5.74) is 7.64. The third-order valence-electron chi connectivity index (χ3n) is 7.58. The van der Waals surface area contributed by atoms with Crippen LogP contribution in [0.3, 0.4) is 0 Å². The minimum absolute atomic E-state index is 0. The summed E-state index contributed by atoms with van der Waals surface area (Å²) in [6, 6.07) is 43.1. The van der Waals surface area contributed by atoms with E-state index >= 15 is 0 Å². The van der Waals surface area contributed by atoms with Crippen molar-refractivity contribution in [3.8, 4) is 11.4 Å². The van der Waals surface area contributed by atoms with Crippen molar-refractivity contribution in [2.45, 2.75) is 36.0 Å². The van der Waals surface area contributed by atoms with Crippen LogP contribution in [0.4, 0.5) is 0 Å². The Bertz CT molecular complexity index is 1590. The quantitative estimate of drug-likeness (QED) is 0.173. The monoisotopic (exact) mass is 745 g/mol. The molecule has 3 aromatic carbocycles. The molecular formula is C36H30N4PtS. The molecule has 42 heavy (non-hydrogen) atoms. The summed E-state index contributed by atoms with van der Waals surface area (Å²) in [7, 11) is 0. The smallest absolute Gasteiger partial charge is 0.780 e. The van der Waals surface area contributed by atoms with Gasteiger partial charge < -0.3 is 22.8 Å². The SMILES string of the molecule is [Pt+2].[S-]c1ccccc1.c1ccc(C(c2ccccc2)(c2ccccn2)c2cccc(-c3[n-]nc4c3CCCC4)n2)cc1. The molecular weight excluding hydrogens is 716 g/mol. The topological polar surface area (TPSA) is 52.8 Å². The number of pyridine rings is 2. The molecule has 0 fully saturated rings. The first-order valence-electron chi connectivity index (χ1n) is 14.0. The summed E-state index contributed by atoms with van der Waals surface area (Å²) in [4.78, 5) is 11.1. The van der Waals surface area contributed by atoms with E-state index in [2.05, 4.69) is 83.0 Å². The molecule has 0 saturated heterocycles. The van der Waals surface area contributed by atoms with Gasteiger partial charge in [0.2, 0.25) is 0 Å². The Balaban J connectivity index is 0.000000389. The Morgan fingerprint density at radius 1 is 0.619 bits per heavy atom. The molecule has 210 valence electrons. The van der Waals surface area contributed by atoms with Crippen LogP contribution in [-0.4, -0.2) is 15.1 Å². The molecule has 3 heterocycles. The summed E-state index contributed by atoms with van der Waals surface area (Å²) in [5, 5.41) is 9.08. The van der Waals surface area contributed by atoms with E-state index in [0.29, 0.717) is 0 Å². The van der Waals surface area contributed by atoms with E-state index in [9.17, 15) is 0 Å². The summed E-state index contributed by atoms with van der Waals surface area (Å²) in [6.45, 7) is 0. The maximum atomic E-state index is 5.28. The Kier molecular flexibility index (Phi) is 9.73. The normalized spacial score (nSPS) is 12.3. The molecule has 0 N–H and O–H groups in total. The molecule has 0 unspecified atom stereocenters. The molecule has 0 bridgehead atoms. The van der Waals surface area contributed by atoms with Crippen LogP contribution < -0.4 is 5.10 Å². The molecule has 7 rings (SSSR count). The van der Waals surface area contributed by atoms with E-state index in [-0.39, 0.29) is 21.1 Å². The number of fused-ring (bicyclic) bond motifs is 1. The van der Waals surface area contributed by atoms with Gasteiger partial charge in [0.25, 0.3) is 0 Å². The van der Waals surface area contributed by atoms with Gasteiger partial charge in [0.15, 0.2) is 0 Å². The molecule has 3 aromatic heterocycles. The zero-order chi connectivity index (χ0) is 27.9. The average molecular weight is 746 g/mol. The average Bonchev–Trinajstić information content (AvgIpc) is 3.48. The van der Waals surface area contributed by atoms with Crippen molar-refractivity contribution in [1.82, 2.24) is 20.2 Å². The zero-order valence-corrected chi connectivity index (χ0v) is 26.1. The third kappa shape index (κ3) is 5.99. The molecule has 0 saturated carbocycles. The first-order chi connectivity index (χ1) is 20.3. The van der Waals surface area contributed by atoms with Crippen LogP contribution in [0, 0.1) is 0 Å². The predicted molar refractivity (Wildman–Crippen MR) is 166 cm³/mol. The fraction of sp³-hybridized carbons (Fsp3) is 0.139. The molecule has 1 aliphatic rings. The van der Waals surface area contributed by atoms with Crippen molar-refractivity contribution in [1.29, 1.82) is 0 Å². The van der Waals surface area contributed by atoms with Crippen molar-refractivity contribution in [3.05, 3.63) is 167 Å². The second-order valence-electron chi connectivity index (χ2n) is 10.1. The van der Waals surface area contributed by atoms with E-state index < -0.39 is 5.41 Å². The molecule has 6 heteroatoms. The number of hydrogen-bond acceptors (Lipinski definition) is 4. The maximum Gasteiger partial charge on any atom is 2.00 e. The third-order valence-corrected chi connectivity index (χ3v) is 7.85. The van der Waals surface area contributed by atoms with Crippen LogP contribution in [-0.2, 0) is 52.0 Å². The van der Waals surface area contributed by atoms with E-state index in [1.54, 1.807) is 0 Å². The molecule has 6 aromatic rings. The fourth-order valence-corrected chi connectivity index (χ4v) is 5.83. The van der Waals surface area contributed by atoms with Crippen LogP contribution in [0.25, 0.3) is 11.4 Å². The van der Waals surface area contributed by atoms with Gasteiger partial charge in [0.05, 0.1) is 17.1 Å². The number of hydrogen-bond donors (Lipinski definition) is 0. The van der Waals surface area contributed by atoms with Gasteiger partial charge in [-0.05, 0) is 66.6 Å². The first-order valence-corrected chi connectivity index (χ1v) is 14.4. The van der Waals surface area contributed by atoms with E-state index in [0.717, 1.165) is 57.3 Å². The minimum Gasteiger partial charge on any atom is -0.780 e. The number of aromatic nitrogens is 4. The summed E-state index contributed by atoms with van der Waals surface area (Å²) >= 11 is 4.81.